The number of methoxy groups -OCH3 is 1. The van der Waals surface area contributed by atoms with Crippen LogP contribution in [-0.4, -0.2) is 19.0 Å². The van der Waals surface area contributed by atoms with Crippen LogP contribution in [0.4, 0.5) is 5.00 Å². The summed E-state index contributed by atoms with van der Waals surface area (Å²) in [4.78, 5) is 27.2. The maximum absolute atomic E-state index is 13.5. The summed E-state index contributed by atoms with van der Waals surface area (Å²) in [5.74, 6) is -0.674. The third kappa shape index (κ3) is 5.35. The Bertz CT molecular complexity index is 1240. The number of aryl methyl sites for hydroxylation is 1. The molecule has 3 aromatic carbocycles. The van der Waals surface area contributed by atoms with Gasteiger partial charge >= 0.3 is 5.97 Å². The van der Waals surface area contributed by atoms with Crippen LogP contribution in [0.5, 0.6) is 0 Å². The summed E-state index contributed by atoms with van der Waals surface area (Å²) in [5.41, 5.74) is 4.03. The second-order valence-electron chi connectivity index (χ2n) is 7.42. The number of rotatable bonds is 7. The molecule has 4 aromatic rings. The number of thioether (sulfide) groups is 1. The standard InChI is InChI=1S/C27H23NO3S2/c1-18-13-15-19(16-14-18)22-17-32-26(23(22)27(30)31-2)28-25(29)24(20-9-5-3-6-10-20)33-21-11-7-4-8-12-21/h3-17,24H,1-2H3,(H,28,29). The Morgan fingerprint density at radius 3 is 2.18 bits per heavy atom. The maximum Gasteiger partial charge on any atom is 0.341 e. The highest BCUT2D eigenvalue weighted by molar-refractivity contribution is 8.00. The highest BCUT2D eigenvalue weighted by Gasteiger charge is 2.27. The number of ether oxygens (including phenoxy) is 1. The van der Waals surface area contributed by atoms with E-state index in [1.807, 2.05) is 97.2 Å². The second-order valence-corrected chi connectivity index (χ2v) is 9.48. The molecule has 0 radical (unpaired) electrons. The van der Waals surface area contributed by atoms with E-state index in [1.54, 1.807) is 0 Å². The van der Waals surface area contributed by atoms with Crippen molar-refractivity contribution >= 4 is 40.0 Å². The molecule has 0 spiro atoms. The topological polar surface area (TPSA) is 55.4 Å². The predicted octanol–water partition coefficient (Wildman–Crippen LogP) is 6.98. The van der Waals surface area contributed by atoms with Gasteiger partial charge in [0, 0.05) is 15.8 Å². The molecule has 0 aliphatic heterocycles. The number of nitrogens with one attached hydrogen (secondary N) is 1. The molecule has 1 unspecified atom stereocenters. The zero-order chi connectivity index (χ0) is 23.2. The Morgan fingerprint density at radius 1 is 0.909 bits per heavy atom. The van der Waals surface area contributed by atoms with E-state index in [0.29, 0.717) is 10.6 Å². The molecule has 0 aliphatic carbocycles. The Balaban J connectivity index is 1.68. The molecule has 4 nitrogen and oxygen atoms in total. The normalized spacial score (nSPS) is 11.6. The predicted molar refractivity (Wildman–Crippen MR) is 136 cm³/mol. The molecule has 0 saturated carbocycles. The first-order chi connectivity index (χ1) is 16.1. The van der Waals surface area contributed by atoms with Gasteiger partial charge in [-0.15, -0.1) is 23.1 Å². The van der Waals surface area contributed by atoms with Crippen LogP contribution >= 0.6 is 23.1 Å². The SMILES string of the molecule is COC(=O)c1c(-c2ccc(C)cc2)csc1NC(=O)C(Sc1ccccc1)c1ccccc1. The number of thiophene rings is 1. The first-order valence-electron chi connectivity index (χ1n) is 10.4. The summed E-state index contributed by atoms with van der Waals surface area (Å²) in [7, 11) is 1.35. The quantitative estimate of drug-likeness (QED) is 0.232. The van der Waals surface area contributed by atoms with Crippen molar-refractivity contribution in [2.24, 2.45) is 0 Å². The van der Waals surface area contributed by atoms with E-state index in [2.05, 4.69) is 5.32 Å². The number of carbonyl (C=O) groups excluding carboxylic acids is 2. The van der Waals surface area contributed by atoms with E-state index >= 15 is 0 Å². The molecular formula is C27H23NO3S2. The fraction of sp³-hybridized carbons (Fsp3) is 0.111. The smallest absolute Gasteiger partial charge is 0.341 e. The third-order valence-electron chi connectivity index (χ3n) is 5.12. The zero-order valence-electron chi connectivity index (χ0n) is 18.3. The molecule has 1 amide bonds. The molecule has 1 N–H and O–H groups in total. The molecule has 0 saturated heterocycles. The summed E-state index contributed by atoms with van der Waals surface area (Å²) >= 11 is 2.79. The lowest BCUT2D eigenvalue weighted by Gasteiger charge is -2.17. The van der Waals surface area contributed by atoms with Gasteiger partial charge in [-0.3, -0.25) is 4.79 Å². The van der Waals surface area contributed by atoms with Crippen LogP contribution in [0.3, 0.4) is 0 Å². The second kappa shape index (κ2) is 10.5. The van der Waals surface area contributed by atoms with Gasteiger partial charge in [-0.25, -0.2) is 4.79 Å². The van der Waals surface area contributed by atoms with Crippen molar-refractivity contribution in [3.63, 3.8) is 0 Å². The third-order valence-corrected chi connectivity index (χ3v) is 7.28. The number of anilines is 1. The van der Waals surface area contributed by atoms with E-state index in [-0.39, 0.29) is 5.91 Å². The molecule has 1 aromatic heterocycles. The van der Waals surface area contributed by atoms with Crippen molar-refractivity contribution in [2.45, 2.75) is 17.1 Å². The van der Waals surface area contributed by atoms with Gasteiger partial charge in [0.1, 0.15) is 15.8 Å². The highest BCUT2D eigenvalue weighted by atomic mass is 32.2. The minimum Gasteiger partial charge on any atom is -0.465 e. The molecule has 0 fully saturated rings. The van der Waals surface area contributed by atoms with Gasteiger partial charge in [0.05, 0.1) is 7.11 Å². The molecule has 0 bridgehead atoms. The summed E-state index contributed by atoms with van der Waals surface area (Å²) in [6, 6.07) is 27.4. The average molecular weight is 474 g/mol. The molecule has 4 rings (SSSR count). The fourth-order valence-electron chi connectivity index (χ4n) is 3.41. The van der Waals surface area contributed by atoms with Crippen LogP contribution in [0, 0.1) is 6.92 Å². The van der Waals surface area contributed by atoms with E-state index in [1.165, 1.54) is 30.2 Å². The van der Waals surface area contributed by atoms with Crippen molar-refractivity contribution in [2.75, 3.05) is 12.4 Å². The summed E-state index contributed by atoms with van der Waals surface area (Å²) in [6.07, 6.45) is 0. The van der Waals surface area contributed by atoms with Crippen LogP contribution in [0.2, 0.25) is 0 Å². The molecule has 166 valence electrons. The zero-order valence-corrected chi connectivity index (χ0v) is 19.9. The highest BCUT2D eigenvalue weighted by Crippen LogP contribution is 2.40. The Kier molecular flexibility index (Phi) is 7.27. The van der Waals surface area contributed by atoms with Crippen molar-refractivity contribution < 1.29 is 14.3 Å². The van der Waals surface area contributed by atoms with Crippen molar-refractivity contribution in [3.8, 4) is 11.1 Å². The van der Waals surface area contributed by atoms with Crippen molar-refractivity contribution in [1.29, 1.82) is 0 Å². The van der Waals surface area contributed by atoms with Crippen molar-refractivity contribution in [3.05, 3.63) is 107 Å². The number of benzene rings is 3. The minimum atomic E-state index is -0.482. The summed E-state index contributed by atoms with van der Waals surface area (Å²) in [5, 5.41) is 4.89. The molecule has 1 atom stereocenters. The first kappa shape index (κ1) is 22.8. The lowest BCUT2D eigenvalue weighted by Crippen LogP contribution is -2.20. The number of hydrogen-bond donors (Lipinski definition) is 1. The van der Waals surface area contributed by atoms with Gasteiger partial charge in [-0.05, 0) is 30.2 Å². The van der Waals surface area contributed by atoms with Gasteiger partial charge < -0.3 is 10.1 Å². The van der Waals surface area contributed by atoms with Crippen molar-refractivity contribution in [1.82, 2.24) is 0 Å². The van der Waals surface area contributed by atoms with Gasteiger partial charge in [0.2, 0.25) is 5.91 Å². The Labute approximate surface area is 201 Å². The van der Waals surface area contributed by atoms with E-state index in [0.717, 1.165) is 27.1 Å². The van der Waals surface area contributed by atoms with E-state index in [9.17, 15) is 9.59 Å². The van der Waals surface area contributed by atoms with E-state index < -0.39 is 11.2 Å². The first-order valence-corrected chi connectivity index (χ1v) is 12.2. The lowest BCUT2D eigenvalue weighted by molar-refractivity contribution is -0.115. The van der Waals surface area contributed by atoms with Crippen LogP contribution in [0.1, 0.15) is 26.7 Å². The Morgan fingerprint density at radius 2 is 1.55 bits per heavy atom. The molecular weight excluding hydrogens is 450 g/mol. The summed E-state index contributed by atoms with van der Waals surface area (Å²) in [6.45, 7) is 2.01. The Hall–Kier alpha value is -3.35. The van der Waals surface area contributed by atoms with Gasteiger partial charge in [-0.2, -0.15) is 0 Å². The van der Waals surface area contributed by atoms with E-state index in [4.69, 9.17) is 4.74 Å². The number of esters is 1. The van der Waals surface area contributed by atoms with Gasteiger partial charge in [-0.1, -0.05) is 78.4 Å². The average Bonchev–Trinajstić information content (AvgIpc) is 3.27. The van der Waals surface area contributed by atoms with Crippen LogP contribution < -0.4 is 5.32 Å². The number of amides is 1. The van der Waals surface area contributed by atoms with Gasteiger partial charge in [0.25, 0.3) is 0 Å². The van der Waals surface area contributed by atoms with Crippen LogP contribution in [-0.2, 0) is 9.53 Å². The number of hydrogen-bond acceptors (Lipinski definition) is 5. The number of carbonyl (C=O) groups is 2. The monoisotopic (exact) mass is 473 g/mol. The lowest BCUT2D eigenvalue weighted by atomic mass is 10.0. The van der Waals surface area contributed by atoms with Crippen LogP contribution in [0.15, 0.2) is 95.2 Å². The van der Waals surface area contributed by atoms with Crippen LogP contribution in [0.25, 0.3) is 11.1 Å². The maximum atomic E-state index is 13.5. The molecule has 33 heavy (non-hydrogen) atoms. The minimum absolute atomic E-state index is 0.197. The largest absolute Gasteiger partial charge is 0.465 e. The molecule has 6 heteroatoms. The summed E-state index contributed by atoms with van der Waals surface area (Å²) < 4.78 is 5.05. The fourth-order valence-corrected chi connectivity index (χ4v) is 5.42. The van der Waals surface area contributed by atoms with Gasteiger partial charge in [0.15, 0.2) is 0 Å². The molecule has 0 aliphatic rings. The molecule has 1 heterocycles.